The molecule has 44 heavy (non-hydrogen) atoms. The highest BCUT2D eigenvalue weighted by Crippen LogP contribution is 2.39. The van der Waals surface area contributed by atoms with Gasteiger partial charge in [-0.15, -0.1) is 11.3 Å². The molecule has 11 heteroatoms. The van der Waals surface area contributed by atoms with Crippen LogP contribution in [0.25, 0.3) is 10.9 Å². The van der Waals surface area contributed by atoms with Gasteiger partial charge >= 0.3 is 0 Å². The molecule has 1 aliphatic carbocycles. The van der Waals surface area contributed by atoms with Gasteiger partial charge in [0.25, 0.3) is 11.8 Å². The minimum atomic E-state index is -0.640. The van der Waals surface area contributed by atoms with Gasteiger partial charge in [0, 0.05) is 51.8 Å². The third kappa shape index (κ3) is 6.69. The minimum Gasteiger partial charge on any atom is -0.396 e. The topological polar surface area (TPSA) is 120 Å². The second kappa shape index (κ2) is 13.0. The number of nitrogens with zero attached hydrogens (tertiary/aromatic N) is 2. The summed E-state index contributed by atoms with van der Waals surface area (Å²) in [5.41, 5.74) is 2.59. The van der Waals surface area contributed by atoms with E-state index in [1.54, 1.807) is 18.2 Å². The van der Waals surface area contributed by atoms with Crippen LogP contribution in [0, 0.1) is 5.41 Å². The van der Waals surface area contributed by atoms with Crippen LogP contribution in [0.15, 0.2) is 54.6 Å². The Kier molecular flexibility index (Phi) is 9.07. The highest BCUT2D eigenvalue weighted by atomic mass is 35.5. The van der Waals surface area contributed by atoms with Crippen molar-refractivity contribution in [3.63, 3.8) is 0 Å². The number of H-pyrrole nitrogens is 1. The van der Waals surface area contributed by atoms with Crippen LogP contribution >= 0.6 is 22.9 Å². The van der Waals surface area contributed by atoms with Gasteiger partial charge in [0.2, 0.25) is 0 Å². The van der Waals surface area contributed by atoms with Crippen LogP contribution < -0.4 is 10.6 Å². The highest BCUT2D eigenvalue weighted by Gasteiger charge is 2.47. The maximum Gasteiger partial charge on any atom is 0.280 e. The van der Waals surface area contributed by atoms with Crippen molar-refractivity contribution >= 4 is 45.7 Å². The Labute approximate surface area is 266 Å². The number of aromatic nitrogens is 2. The molecule has 0 saturated heterocycles. The molecule has 3 heterocycles. The molecular weight excluding hydrogens is 598 g/mol. The Morgan fingerprint density at radius 3 is 2.61 bits per heavy atom. The number of thiazole rings is 1. The van der Waals surface area contributed by atoms with E-state index >= 15 is 0 Å². The van der Waals surface area contributed by atoms with Gasteiger partial charge in [0.1, 0.15) is 5.69 Å². The molecular formula is C33H38ClN5O4S. The monoisotopic (exact) mass is 635 g/mol. The first-order chi connectivity index (χ1) is 21.2. The molecule has 0 bridgehead atoms. The van der Waals surface area contributed by atoms with Crippen molar-refractivity contribution in [1.29, 1.82) is 0 Å². The number of aliphatic hydroxyl groups is 1. The average Bonchev–Trinajstić information content (AvgIpc) is 3.73. The molecule has 4 aromatic rings. The van der Waals surface area contributed by atoms with Gasteiger partial charge < -0.3 is 25.5 Å². The maximum atomic E-state index is 13.6. The molecule has 232 valence electrons. The van der Waals surface area contributed by atoms with Gasteiger partial charge in [-0.1, -0.05) is 41.9 Å². The lowest BCUT2D eigenvalue weighted by atomic mass is 9.87. The van der Waals surface area contributed by atoms with Gasteiger partial charge in [-0.25, -0.2) is 4.98 Å². The first-order valence-corrected chi connectivity index (χ1v) is 16.3. The fourth-order valence-electron chi connectivity index (χ4n) is 6.31. The Bertz CT molecular complexity index is 1640. The lowest BCUT2D eigenvalue weighted by Gasteiger charge is -2.29. The quantitative estimate of drug-likeness (QED) is 0.196. The zero-order valence-electron chi connectivity index (χ0n) is 24.9. The molecule has 0 radical (unpaired) electrons. The number of hydrogen-bond acceptors (Lipinski definition) is 7. The van der Waals surface area contributed by atoms with E-state index in [9.17, 15) is 14.7 Å². The van der Waals surface area contributed by atoms with Crippen molar-refractivity contribution in [3.05, 3.63) is 86.5 Å². The molecule has 9 nitrogen and oxygen atoms in total. The summed E-state index contributed by atoms with van der Waals surface area (Å²) >= 11 is 7.59. The maximum absolute atomic E-state index is 13.6. The number of halogens is 1. The van der Waals surface area contributed by atoms with Gasteiger partial charge in [-0.05, 0) is 56.5 Å². The molecule has 2 aliphatic rings. The number of fused-ring (bicyclic) bond motifs is 2. The molecule has 4 N–H and O–H groups in total. The summed E-state index contributed by atoms with van der Waals surface area (Å²) in [6, 6.07) is 16.6. The summed E-state index contributed by atoms with van der Waals surface area (Å²) < 4.78 is 6.09. The van der Waals surface area contributed by atoms with E-state index in [1.807, 2.05) is 36.4 Å². The van der Waals surface area contributed by atoms with E-state index in [-0.39, 0.29) is 18.4 Å². The second-order valence-electron chi connectivity index (χ2n) is 12.3. The zero-order chi connectivity index (χ0) is 30.8. The van der Waals surface area contributed by atoms with E-state index < -0.39 is 17.5 Å². The number of aliphatic hydroxyl groups excluding tert-OH is 1. The van der Waals surface area contributed by atoms with E-state index in [4.69, 9.17) is 21.3 Å². The summed E-state index contributed by atoms with van der Waals surface area (Å²) in [5, 5.41) is 18.8. The summed E-state index contributed by atoms with van der Waals surface area (Å²) in [5.74, 6) is -0.553. The van der Waals surface area contributed by atoms with Crippen molar-refractivity contribution in [2.24, 2.45) is 5.41 Å². The standard InChI is InChI=1S/C33H38ClN5O4S/c1-20(2)39-11-10-25-29(16-39)44-32(38-25)31(42)37-28-15-33(18-40,19-43-17-21-6-4-3-5-7-21)14-27(28)36-30(41)26-13-22-12-23(34)8-9-24(22)35-26/h3-9,12-13,20,27-28,35,40H,10-11,14-19H2,1-2H3,(H,36,41)(H,37,42)/t27-,28-,33?/m1/s1. The first-order valence-electron chi connectivity index (χ1n) is 15.1. The Morgan fingerprint density at radius 1 is 1.14 bits per heavy atom. The third-order valence-electron chi connectivity index (χ3n) is 8.79. The predicted molar refractivity (Wildman–Crippen MR) is 172 cm³/mol. The highest BCUT2D eigenvalue weighted by molar-refractivity contribution is 7.13. The normalized spacial score (nSPS) is 21.9. The van der Waals surface area contributed by atoms with Crippen LogP contribution in [0.1, 0.15) is 63.1 Å². The summed E-state index contributed by atoms with van der Waals surface area (Å²) in [6.45, 7) is 6.63. The summed E-state index contributed by atoms with van der Waals surface area (Å²) in [7, 11) is 0. The van der Waals surface area contributed by atoms with Crippen LogP contribution in [0.5, 0.6) is 0 Å². The smallest absolute Gasteiger partial charge is 0.280 e. The zero-order valence-corrected chi connectivity index (χ0v) is 26.5. The number of carbonyl (C=O) groups is 2. The molecule has 1 saturated carbocycles. The van der Waals surface area contributed by atoms with Crippen LogP contribution in [0.3, 0.4) is 0 Å². The third-order valence-corrected chi connectivity index (χ3v) is 10.1. The van der Waals surface area contributed by atoms with E-state index in [0.29, 0.717) is 47.8 Å². The van der Waals surface area contributed by atoms with Crippen molar-refractivity contribution in [2.75, 3.05) is 19.8 Å². The summed E-state index contributed by atoms with van der Waals surface area (Å²) in [4.78, 5) is 38.4. The van der Waals surface area contributed by atoms with Crippen LogP contribution in [-0.2, 0) is 24.3 Å². The van der Waals surface area contributed by atoms with Gasteiger partial charge in [-0.2, -0.15) is 0 Å². The molecule has 1 aliphatic heterocycles. The van der Waals surface area contributed by atoms with E-state index in [0.717, 1.165) is 46.5 Å². The second-order valence-corrected chi connectivity index (χ2v) is 13.8. The van der Waals surface area contributed by atoms with Crippen LogP contribution in [-0.4, -0.2) is 69.7 Å². The van der Waals surface area contributed by atoms with Crippen LogP contribution in [0.4, 0.5) is 0 Å². The summed E-state index contributed by atoms with van der Waals surface area (Å²) in [6.07, 6.45) is 1.71. The van der Waals surface area contributed by atoms with Crippen molar-refractivity contribution in [2.45, 2.75) is 64.4 Å². The fraction of sp³-hybridized carbons (Fsp3) is 0.424. The van der Waals surface area contributed by atoms with Gasteiger partial charge in [0.05, 0.1) is 37.6 Å². The Balaban J connectivity index is 1.20. The molecule has 3 atom stereocenters. The molecule has 2 aromatic carbocycles. The number of amides is 2. The lowest BCUT2D eigenvalue weighted by molar-refractivity contribution is 0.000383. The fourth-order valence-corrected chi connectivity index (χ4v) is 7.53. The molecule has 6 rings (SSSR count). The SMILES string of the molecule is CC(C)N1CCc2nc(C(=O)N[C@@H]3CC(CO)(COCc4ccccc4)C[C@H]3NC(=O)c3cc4cc(Cl)ccc4[nH]3)sc2C1. The largest absolute Gasteiger partial charge is 0.396 e. The van der Waals surface area contributed by atoms with E-state index in [2.05, 4.69) is 34.4 Å². The van der Waals surface area contributed by atoms with Gasteiger partial charge in [-0.3, -0.25) is 14.5 Å². The van der Waals surface area contributed by atoms with Crippen molar-refractivity contribution < 1.29 is 19.4 Å². The van der Waals surface area contributed by atoms with E-state index in [1.165, 1.54) is 11.3 Å². The molecule has 2 amide bonds. The Morgan fingerprint density at radius 2 is 1.89 bits per heavy atom. The number of carbonyl (C=O) groups excluding carboxylic acids is 2. The molecule has 1 unspecified atom stereocenters. The minimum absolute atomic E-state index is 0.137. The predicted octanol–water partition coefficient (Wildman–Crippen LogP) is 4.93. The molecule has 0 spiro atoms. The molecule has 1 fully saturated rings. The van der Waals surface area contributed by atoms with Crippen molar-refractivity contribution in [3.8, 4) is 0 Å². The number of aromatic amines is 1. The number of nitrogens with one attached hydrogen (secondary N) is 3. The Hall–Kier alpha value is -3.28. The average molecular weight is 636 g/mol. The van der Waals surface area contributed by atoms with Crippen LogP contribution in [0.2, 0.25) is 5.02 Å². The number of rotatable bonds is 10. The van der Waals surface area contributed by atoms with Gasteiger partial charge in [0.15, 0.2) is 5.01 Å². The number of hydrogen-bond donors (Lipinski definition) is 4. The lowest BCUT2D eigenvalue weighted by Crippen LogP contribution is -2.48. The number of ether oxygens (including phenoxy) is 1. The number of benzene rings is 2. The van der Waals surface area contributed by atoms with Crippen molar-refractivity contribution in [1.82, 2.24) is 25.5 Å². The first kappa shape index (κ1) is 30.7. The molecule has 2 aromatic heterocycles.